The zero-order chi connectivity index (χ0) is 12.8. The van der Waals surface area contributed by atoms with Crippen LogP contribution in [0.25, 0.3) is 0 Å². The van der Waals surface area contributed by atoms with Gasteiger partial charge in [0.1, 0.15) is 0 Å². The zero-order valence-electron chi connectivity index (χ0n) is 10.8. The molecule has 0 aromatic carbocycles. The Bertz CT molecular complexity index is 378. The van der Waals surface area contributed by atoms with Crippen molar-refractivity contribution in [1.82, 2.24) is 10.3 Å². The molecule has 0 radical (unpaired) electrons. The highest BCUT2D eigenvalue weighted by atomic mass is 19.1. The molecule has 0 aliphatic carbocycles. The molecule has 5 heteroatoms. The topological polar surface area (TPSA) is 37.4 Å². The van der Waals surface area contributed by atoms with Crippen molar-refractivity contribution in [3.63, 3.8) is 0 Å². The monoisotopic (exact) mass is 253 g/mol. The summed E-state index contributed by atoms with van der Waals surface area (Å²) in [5, 5.41) is 3.14. The second-order valence-electron chi connectivity index (χ2n) is 4.34. The zero-order valence-corrected chi connectivity index (χ0v) is 10.8. The van der Waals surface area contributed by atoms with E-state index in [4.69, 9.17) is 4.74 Å². The fourth-order valence-corrected chi connectivity index (χ4v) is 2.05. The third-order valence-corrected chi connectivity index (χ3v) is 3.04. The van der Waals surface area contributed by atoms with Crippen molar-refractivity contribution in [2.24, 2.45) is 0 Å². The van der Waals surface area contributed by atoms with Gasteiger partial charge in [0.15, 0.2) is 11.6 Å². The molecule has 1 aliphatic rings. The van der Waals surface area contributed by atoms with Gasteiger partial charge in [-0.15, -0.1) is 0 Å². The Labute approximate surface area is 107 Å². The number of aromatic nitrogens is 1. The van der Waals surface area contributed by atoms with E-state index in [-0.39, 0.29) is 5.82 Å². The molecular formula is C13H20FN3O. The van der Waals surface area contributed by atoms with E-state index in [0.717, 1.165) is 26.1 Å². The summed E-state index contributed by atoms with van der Waals surface area (Å²) in [6.45, 7) is 6.26. The molecule has 100 valence electrons. The highest BCUT2D eigenvalue weighted by Crippen LogP contribution is 2.20. The highest BCUT2D eigenvalue weighted by Gasteiger charge is 2.17. The number of rotatable bonds is 4. The van der Waals surface area contributed by atoms with Crippen LogP contribution in [-0.2, 0) is 11.3 Å². The summed E-state index contributed by atoms with van der Waals surface area (Å²) in [6, 6.07) is 1.73. The molecule has 2 heterocycles. The SMILES string of the molecule is CCNCc1ccnc(N2CCCOCC2)c1F. The Kier molecular flexibility index (Phi) is 4.90. The molecule has 0 amide bonds. The smallest absolute Gasteiger partial charge is 0.170 e. The van der Waals surface area contributed by atoms with Gasteiger partial charge in [-0.05, 0) is 19.0 Å². The molecule has 2 rings (SSSR count). The lowest BCUT2D eigenvalue weighted by Gasteiger charge is -2.22. The number of ether oxygens (including phenoxy) is 1. The molecule has 0 spiro atoms. The summed E-state index contributed by atoms with van der Waals surface area (Å²) in [6.07, 6.45) is 2.59. The predicted molar refractivity (Wildman–Crippen MR) is 69.2 cm³/mol. The maximum Gasteiger partial charge on any atom is 0.170 e. The van der Waals surface area contributed by atoms with Crippen LogP contribution >= 0.6 is 0 Å². The first-order chi connectivity index (χ1) is 8.83. The third kappa shape index (κ3) is 3.17. The average molecular weight is 253 g/mol. The van der Waals surface area contributed by atoms with Crippen LogP contribution in [0.3, 0.4) is 0 Å². The molecule has 0 bridgehead atoms. The van der Waals surface area contributed by atoms with Crippen molar-refractivity contribution in [3.05, 3.63) is 23.6 Å². The summed E-state index contributed by atoms with van der Waals surface area (Å²) in [4.78, 5) is 6.15. The van der Waals surface area contributed by atoms with Crippen LogP contribution in [0, 0.1) is 5.82 Å². The molecule has 1 aromatic rings. The lowest BCUT2D eigenvalue weighted by molar-refractivity contribution is 0.152. The Morgan fingerprint density at radius 3 is 3.17 bits per heavy atom. The minimum Gasteiger partial charge on any atom is -0.380 e. The van der Waals surface area contributed by atoms with Gasteiger partial charge >= 0.3 is 0 Å². The van der Waals surface area contributed by atoms with Gasteiger partial charge in [-0.2, -0.15) is 0 Å². The molecule has 4 nitrogen and oxygen atoms in total. The number of anilines is 1. The number of pyridine rings is 1. The number of hydrogen-bond donors (Lipinski definition) is 1. The van der Waals surface area contributed by atoms with Gasteiger partial charge in [-0.25, -0.2) is 9.37 Å². The van der Waals surface area contributed by atoms with E-state index in [2.05, 4.69) is 10.3 Å². The third-order valence-electron chi connectivity index (χ3n) is 3.04. The van der Waals surface area contributed by atoms with E-state index in [1.807, 2.05) is 11.8 Å². The van der Waals surface area contributed by atoms with E-state index in [1.165, 1.54) is 0 Å². The maximum atomic E-state index is 14.3. The standard InChI is InChI=1S/C13H20FN3O/c1-2-15-10-11-4-5-16-13(12(11)14)17-6-3-8-18-9-7-17/h4-5,15H,2-3,6-10H2,1H3. The number of hydrogen-bond acceptors (Lipinski definition) is 4. The molecule has 1 N–H and O–H groups in total. The Morgan fingerprint density at radius 2 is 2.33 bits per heavy atom. The Morgan fingerprint density at radius 1 is 1.44 bits per heavy atom. The molecular weight excluding hydrogens is 233 g/mol. The van der Waals surface area contributed by atoms with Crippen molar-refractivity contribution in [1.29, 1.82) is 0 Å². The van der Waals surface area contributed by atoms with Crippen LogP contribution in [0.4, 0.5) is 10.2 Å². The largest absolute Gasteiger partial charge is 0.380 e. The summed E-state index contributed by atoms with van der Waals surface area (Å²) in [5.41, 5.74) is 0.673. The second-order valence-corrected chi connectivity index (χ2v) is 4.34. The normalized spacial score (nSPS) is 16.7. The quantitative estimate of drug-likeness (QED) is 0.883. The summed E-state index contributed by atoms with van der Waals surface area (Å²) in [5.74, 6) is 0.247. The van der Waals surface area contributed by atoms with Crippen molar-refractivity contribution in [2.75, 3.05) is 37.7 Å². The molecule has 1 fully saturated rings. The molecule has 1 aliphatic heterocycles. The van der Waals surface area contributed by atoms with E-state index in [1.54, 1.807) is 12.3 Å². The molecule has 0 saturated carbocycles. The number of halogens is 1. The molecule has 1 aromatic heterocycles. The summed E-state index contributed by atoms with van der Waals surface area (Å²) in [7, 11) is 0. The van der Waals surface area contributed by atoms with Crippen molar-refractivity contribution in [3.8, 4) is 0 Å². The number of nitrogens with zero attached hydrogens (tertiary/aromatic N) is 2. The lowest BCUT2D eigenvalue weighted by Crippen LogP contribution is -2.28. The number of nitrogens with one attached hydrogen (secondary N) is 1. The van der Waals surface area contributed by atoms with Gasteiger partial charge in [0.2, 0.25) is 0 Å². The van der Waals surface area contributed by atoms with Gasteiger partial charge in [-0.1, -0.05) is 6.92 Å². The van der Waals surface area contributed by atoms with Gasteiger partial charge < -0.3 is 15.0 Å². The van der Waals surface area contributed by atoms with Crippen LogP contribution in [0.2, 0.25) is 0 Å². The van der Waals surface area contributed by atoms with Gasteiger partial charge in [0.25, 0.3) is 0 Å². The van der Waals surface area contributed by atoms with Crippen LogP contribution in [0.15, 0.2) is 12.3 Å². The van der Waals surface area contributed by atoms with Gasteiger partial charge in [-0.3, -0.25) is 0 Å². The predicted octanol–water partition coefficient (Wildman–Crippen LogP) is 1.56. The first-order valence-electron chi connectivity index (χ1n) is 6.49. The first-order valence-corrected chi connectivity index (χ1v) is 6.49. The van der Waals surface area contributed by atoms with E-state index >= 15 is 0 Å². The van der Waals surface area contributed by atoms with E-state index in [9.17, 15) is 4.39 Å². The van der Waals surface area contributed by atoms with Crippen molar-refractivity contribution in [2.45, 2.75) is 19.9 Å². The Balaban J connectivity index is 2.15. The maximum absolute atomic E-state index is 14.3. The molecule has 0 atom stereocenters. The van der Waals surface area contributed by atoms with Crippen LogP contribution in [-0.4, -0.2) is 37.8 Å². The van der Waals surface area contributed by atoms with Gasteiger partial charge in [0.05, 0.1) is 6.61 Å². The summed E-state index contributed by atoms with van der Waals surface area (Å²) >= 11 is 0. The van der Waals surface area contributed by atoms with E-state index in [0.29, 0.717) is 31.1 Å². The van der Waals surface area contributed by atoms with Gasteiger partial charge in [0, 0.05) is 38.0 Å². The first kappa shape index (κ1) is 13.2. The second kappa shape index (κ2) is 6.66. The fraction of sp³-hybridized carbons (Fsp3) is 0.615. The van der Waals surface area contributed by atoms with Crippen molar-refractivity contribution >= 4 is 5.82 Å². The summed E-state index contributed by atoms with van der Waals surface area (Å²) < 4.78 is 19.7. The van der Waals surface area contributed by atoms with Crippen LogP contribution in [0.1, 0.15) is 18.9 Å². The minimum atomic E-state index is -0.208. The van der Waals surface area contributed by atoms with E-state index < -0.39 is 0 Å². The Hall–Kier alpha value is -1.20. The fourth-order valence-electron chi connectivity index (χ4n) is 2.05. The van der Waals surface area contributed by atoms with Crippen molar-refractivity contribution < 1.29 is 9.13 Å². The molecule has 1 saturated heterocycles. The average Bonchev–Trinajstić information content (AvgIpc) is 2.66. The lowest BCUT2D eigenvalue weighted by atomic mass is 10.2. The van der Waals surface area contributed by atoms with Crippen LogP contribution in [0.5, 0.6) is 0 Å². The molecule has 18 heavy (non-hydrogen) atoms. The minimum absolute atomic E-state index is 0.208. The van der Waals surface area contributed by atoms with Crippen LogP contribution < -0.4 is 10.2 Å². The molecule has 0 unspecified atom stereocenters. The highest BCUT2D eigenvalue weighted by molar-refractivity contribution is 5.43.